The molecular weight excluding hydrogens is 742 g/mol. The molecule has 16 heteroatoms. The Morgan fingerprint density at radius 1 is 0.679 bits per heavy atom. The standard InChI is InChI=1S/C37H34N2O11P2S/c40-33-17-18-39(37(43)38-33)36-35(42)34(41)32(49-36)21-46-51(44,45)50-52(53,47-19-30-26-13-5-1-9-22(26)23-10-2-6-14-27(23)30)48-20-31-28-15-7-3-11-24(28)25-12-4-8-16-29(25)31/h1-18,30-32,34-36,41-42H,19-21H2,(H,44,45)(H,38,40,43). The van der Waals surface area contributed by atoms with Gasteiger partial charge in [-0.1, -0.05) is 97.1 Å². The zero-order valence-corrected chi connectivity index (χ0v) is 30.4. The normalized spacial score (nSPS) is 21.9. The highest BCUT2D eigenvalue weighted by molar-refractivity contribution is 8.08. The van der Waals surface area contributed by atoms with Gasteiger partial charge in [0.2, 0.25) is 0 Å². The maximum Gasteiger partial charge on any atom is 0.479 e. The molecule has 4 N–H and O–H groups in total. The number of benzene rings is 4. The van der Waals surface area contributed by atoms with Crippen LogP contribution in [0.5, 0.6) is 0 Å². The number of ether oxygens (including phenoxy) is 1. The van der Waals surface area contributed by atoms with Gasteiger partial charge in [0.15, 0.2) is 6.23 Å². The number of H-pyrrole nitrogens is 1. The second kappa shape index (κ2) is 14.4. The summed E-state index contributed by atoms with van der Waals surface area (Å²) in [4.78, 5) is 36.9. The summed E-state index contributed by atoms with van der Waals surface area (Å²) in [5.41, 5.74) is 6.62. The molecule has 4 aromatic carbocycles. The van der Waals surface area contributed by atoms with Gasteiger partial charge in [0.05, 0.1) is 19.8 Å². The molecular formula is C37H34N2O11P2S. The lowest BCUT2D eigenvalue weighted by Gasteiger charge is -2.27. The van der Waals surface area contributed by atoms with Gasteiger partial charge in [0.1, 0.15) is 18.3 Å². The third kappa shape index (κ3) is 6.98. The number of nitrogens with one attached hydrogen (secondary N) is 1. The van der Waals surface area contributed by atoms with Crippen LogP contribution in [-0.4, -0.2) is 62.8 Å². The fraction of sp³-hybridized carbons (Fsp3) is 0.243. The van der Waals surface area contributed by atoms with E-state index < -0.39 is 56.9 Å². The quantitative estimate of drug-likeness (QED) is 0.122. The summed E-state index contributed by atoms with van der Waals surface area (Å²) in [6.07, 6.45) is -4.99. The largest absolute Gasteiger partial charge is 0.479 e. The third-order valence-electron chi connectivity index (χ3n) is 9.79. The van der Waals surface area contributed by atoms with Gasteiger partial charge in [-0.2, -0.15) is 0 Å². The predicted molar refractivity (Wildman–Crippen MR) is 198 cm³/mol. The molecule has 8 rings (SSSR count). The number of phosphoric ester groups is 1. The fourth-order valence-corrected chi connectivity index (χ4v) is 11.1. The average molecular weight is 777 g/mol. The molecule has 0 amide bonds. The molecule has 1 aliphatic heterocycles. The first-order chi connectivity index (χ1) is 25.5. The van der Waals surface area contributed by atoms with Gasteiger partial charge in [0.25, 0.3) is 5.56 Å². The first-order valence-electron chi connectivity index (χ1n) is 16.8. The molecule has 0 spiro atoms. The maximum absolute atomic E-state index is 13.6. The lowest BCUT2D eigenvalue weighted by Crippen LogP contribution is -2.37. The molecule has 13 nitrogen and oxygen atoms in total. The van der Waals surface area contributed by atoms with E-state index in [1.165, 1.54) is 0 Å². The van der Waals surface area contributed by atoms with Crippen LogP contribution >= 0.6 is 14.5 Å². The molecule has 274 valence electrons. The molecule has 5 atom stereocenters. The highest BCUT2D eigenvalue weighted by atomic mass is 32.5. The van der Waals surface area contributed by atoms with Crippen LogP contribution in [-0.2, 0) is 39.0 Å². The molecule has 2 heterocycles. The first kappa shape index (κ1) is 36.1. The van der Waals surface area contributed by atoms with Gasteiger partial charge in [-0.25, -0.2) is 13.7 Å². The van der Waals surface area contributed by atoms with Crippen molar-refractivity contribution < 1.29 is 42.3 Å². The Bertz CT molecular complexity index is 2210. The average Bonchev–Trinajstić information content (AvgIpc) is 3.75. The van der Waals surface area contributed by atoms with E-state index in [9.17, 15) is 29.3 Å². The topological polar surface area (TPSA) is 179 Å². The Kier molecular flexibility index (Phi) is 9.82. The summed E-state index contributed by atoms with van der Waals surface area (Å²) in [6, 6.07) is 32.7. The van der Waals surface area contributed by atoms with E-state index in [2.05, 4.69) is 0 Å². The molecule has 3 aliphatic rings. The van der Waals surface area contributed by atoms with Crippen molar-refractivity contribution in [3.8, 4) is 22.3 Å². The summed E-state index contributed by atoms with van der Waals surface area (Å²) in [5, 5.41) is 21.3. The highest BCUT2D eigenvalue weighted by Gasteiger charge is 2.46. The number of hydrogen-bond acceptors (Lipinski definition) is 11. The van der Waals surface area contributed by atoms with Gasteiger partial charge in [-0.05, 0) is 56.3 Å². The van der Waals surface area contributed by atoms with Crippen LogP contribution in [0, 0.1) is 0 Å². The number of aromatic nitrogens is 2. The molecule has 5 unspecified atom stereocenters. The summed E-state index contributed by atoms with van der Waals surface area (Å²) < 4.78 is 43.6. The smallest absolute Gasteiger partial charge is 0.387 e. The van der Waals surface area contributed by atoms with Crippen molar-refractivity contribution in [2.24, 2.45) is 0 Å². The van der Waals surface area contributed by atoms with Crippen LogP contribution < -0.4 is 11.2 Å². The lowest BCUT2D eigenvalue weighted by molar-refractivity contribution is -0.0542. The number of aliphatic hydroxyl groups excluding tert-OH is 2. The van der Waals surface area contributed by atoms with Crippen LogP contribution in [0.2, 0.25) is 0 Å². The second-order valence-electron chi connectivity index (χ2n) is 12.9. The van der Waals surface area contributed by atoms with Crippen LogP contribution in [0.3, 0.4) is 0 Å². The van der Waals surface area contributed by atoms with Gasteiger partial charge in [-0.3, -0.25) is 18.9 Å². The summed E-state index contributed by atoms with van der Waals surface area (Å²) in [6.45, 7) is -4.90. The molecule has 0 radical (unpaired) electrons. The Labute approximate surface area is 308 Å². The van der Waals surface area contributed by atoms with Crippen LogP contribution in [0.25, 0.3) is 22.3 Å². The molecule has 1 aromatic heterocycles. The monoisotopic (exact) mass is 776 g/mol. The number of phosphoric acid groups is 1. The third-order valence-corrected chi connectivity index (χ3v) is 14.1. The van der Waals surface area contributed by atoms with E-state index in [1.54, 1.807) is 0 Å². The van der Waals surface area contributed by atoms with Crippen molar-refractivity contribution in [3.05, 3.63) is 152 Å². The van der Waals surface area contributed by atoms with Crippen molar-refractivity contribution in [1.29, 1.82) is 0 Å². The molecule has 53 heavy (non-hydrogen) atoms. The fourth-order valence-electron chi connectivity index (χ4n) is 7.34. The number of rotatable bonds is 12. The Hall–Kier alpha value is -3.88. The zero-order chi connectivity index (χ0) is 36.9. The van der Waals surface area contributed by atoms with E-state index in [1.807, 2.05) is 102 Å². The maximum atomic E-state index is 13.6. The van der Waals surface area contributed by atoms with Crippen molar-refractivity contribution in [1.82, 2.24) is 9.55 Å². The minimum absolute atomic E-state index is 0.0324. The number of aliphatic hydroxyl groups is 2. The molecule has 2 aliphatic carbocycles. The zero-order valence-electron chi connectivity index (χ0n) is 27.8. The Morgan fingerprint density at radius 3 is 1.58 bits per heavy atom. The highest BCUT2D eigenvalue weighted by Crippen LogP contribution is 2.65. The van der Waals surface area contributed by atoms with Gasteiger partial charge < -0.3 is 28.9 Å². The molecule has 0 saturated carbocycles. The molecule has 5 aromatic rings. The van der Waals surface area contributed by atoms with Crippen molar-refractivity contribution in [2.75, 3.05) is 19.8 Å². The predicted octanol–water partition coefficient (Wildman–Crippen LogP) is 5.17. The van der Waals surface area contributed by atoms with Gasteiger partial charge in [-0.15, -0.1) is 0 Å². The summed E-state index contributed by atoms with van der Waals surface area (Å²) in [5.74, 6) is -0.554. The lowest BCUT2D eigenvalue weighted by atomic mass is 9.98. The van der Waals surface area contributed by atoms with Crippen LogP contribution in [0.4, 0.5) is 0 Å². The second-order valence-corrected chi connectivity index (χ2v) is 17.5. The van der Waals surface area contributed by atoms with Gasteiger partial charge >= 0.3 is 20.2 Å². The van der Waals surface area contributed by atoms with E-state index in [0.717, 1.165) is 61.3 Å². The van der Waals surface area contributed by atoms with E-state index >= 15 is 0 Å². The van der Waals surface area contributed by atoms with Crippen molar-refractivity contribution >= 4 is 26.3 Å². The molecule has 0 bridgehead atoms. The van der Waals surface area contributed by atoms with Crippen molar-refractivity contribution in [3.63, 3.8) is 0 Å². The number of fused-ring (bicyclic) bond motifs is 6. The Balaban J connectivity index is 1.03. The number of nitrogens with zero attached hydrogens (tertiary/aromatic N) is 1. The number of hydrogen-bond donors (Lipinski definition) is 4. The SMILES string of the molecule is O=c1ccn(C2OC(COP(=O)(O)OP(=S)(OCC3c4ccccc4-c4ccccc43)OCC3c4ccccc4-c4ccccc43)C(O)C2O)c(=O)[nH]1. The van der Waals surface area contributed by atoms with Crippen LogP contribution in [0.1, 0.15) is 40.3 Å². The van der Waals surface area contributed by atoms with Gasteiger partial charge in [0, 0.05) is 24.1 Å². The molecule has 1 fully saturated rings. The summed E-state index contributed by atoms with van der Waals surface area (Å²) in [7, 11) is -5.10. The Morgan fingerprint density at radius 2 is 1.13 bits per heavy atom. The van der Waals surface area contributed by atoms with Crippen molar-refractivity contribution in [2.45, 2.75) is 36.4 Å². The summed E-state index contributed by atoms with van der Waals surface area (Å²) >= 11 is 5.86. The van der Waals surface area contributed by atoms with E-state index in [4.69, 9.17) is 34.4 Å². The first-order valence-corrected chi connectivity index (χ1v) is 20.8. The minimum atomic E-state index is -5.10. The molecule has 1 saturated heterocycles. The van der Waals surface area contributed by atoms with Crippen LogP contribution in [0.15, 0.2) is 119 Å². The van der Waals surface area contributed by atoms with E-state index in [-0.39, 0.29) is 25.0 Å². The number of aromatic amines is 1. The minimum Gasteiger partial charge on any atom is -0.387 e. The van der Waals surface area contributed by atoms with E-state index in [0.29, 0.717) is 0 Å².